The molecule has 1 aromatic carbocycles. The molecular weight excluding hydrogens is 312 g/mol. The number of esters is 1. The van der Waals surface area contributed by atoms with E-state index in [1.165, 1.54) is 30.5 Å². The van der Waals surface area contributed by atoms with E-state index in [-0.39, 0.29) is 11.9 Å². The highest BCUT2D eigenvalue weighted by Gasteiger charge is 2.23. The molecule has 4 heteroatoms. The Hall–Kier alpha value is -2.23. The van der Waals surface area contributed by atoms with Gasteiger partial charge in [0.15, 0.2) is 5.82 Å². The lowest BCUT2D eigenvalue weighted by atomic mass is 9.89. The predicted octanol–water partition coefficient (Wildman–Crippen LogP) is 4.51. The lowest BCUT2D eigenvalue weighted by Gasteiger charge is -2.19. The van der Waals surface area contributed by atoms with Crippen LogP contribution in [0.15, 0.2) is 30.5 Å². The summed E-state index contributed by atoms with van der Waals surface area (Å²) in [7, 11) is 0. The molecule has 0 amide bonds. The first-order valence-electron chi connectivity index (χ1n) is 9.46. The number of rotatable bonds is 3. The molecule has 0 atom stereocenters. The molecular formula is C21H24N2O2. The van der Waals surface area contributed by atoms with Crippen LogP contribution in [0, 0.1) is 5.92 Å². The molecule has 0 aliphatic heterocycles. The predicted molar refractivity (Wildman–Crippen MR) is 96.3 cm³/mol. The van der Waals surface area contributed by atoms with Crippen LogP contribution in [0.5, 0.6) is 5.75 Å². The van der Waals surface area contributed by atoms with Gasteiger partial charge in [-0.3, -0.25) is 4.79 Å². The number of ether oxygens (including phenoxy) is 1. The van der Waals surface area contributed by atoms with Crippen molar-refractivity contribution < 1.29 is 9.53 Å². The van der Waals surface area contributed by atoms with Gasteiger partial charge in [-0.2, -0.15) is 0 Å². The highest BCUT2D eigenvalue weighted by Crippen LogP contribution is 2.27. The molecule has 130 valence electrons. The molecule has 2 aromatic rings. The molecule has 1 heterocycles. The van der Waals surface area contributed by atoms with Gasteiger partial charge in [-0.05, 0) is 68.4 Å². The molecule has 4 rings (SSSR count). The van der Waals surface area contributed by atoms with Crippen molar-refractivity contribution in [1.29, 1.82) is 0 Å². The molecule has 2 aliphatic carbocycles. The molecule has 4 nitrogen and oxygen atoms in total. The van der Waals surface area contributed by atoms with Gasteiger partial charge < -0.3 is 4.74 Å². The van der Waals surface area contributed by atoms with Crippen molar-refractivity contribution >= 4 is 5.97 Å². The first-order chi connectivity index (χ1) is 12.3. The summed E-state index contributed by atoms with van der Waals surface area (Å²) in [6.07, 6.45) is 12.0. The average Bonchev–Trinajstić information content (AvgIpc) is 2.69. The SMILES string of the molecule is O=C(Oc1ccc(-c2ncc3c(n2)CCCC3)cc1)C1CCCCC1. The maximum absolute atomic E-state index is 12.2. The minimum atomic E-state index is -0.0857. The summed E-state index contributed by atoms with van der Waals surface area (Å²) in [5.41, 5.74) is 3.43. The average molecular weight is 336 g/mol. The summed E-state index contributed by atoms with van der Waals surface area (Å²) in [5, 5.41) is 0. The van der Waals surface area contributed by atoms with E-state index in [0.717, 1.165) is 49.9 Å². The van der Waals surface area contributed by atoms with Gasteiger partial charge in [-0.25, -0.2) is 9.97 Å². The standard InChI is InChI=1S/C21H24N2O2/c24-21(16-6-2-1-3-7-16)25-18-12-10-15(11-13-18)20-22-14-17-8-4-5-9-19(17)23-20/h10-14,16H,1-9H2. The van der Waals surface area contributed by atoms with Crippen LogP contribution < -0.4 is 4.74 Å². The number of benzene rings is 1. The van der Waals surface area contributed by atoms with Gasteiger partial charge in [-0.1, -0.05) is 19.3 Å². The lowest BCUT2D eigenvalue weighted by Crippen LogP contribution is -2.22. The van der Waals surface area contributed by atoms with Gasteiger partial charge in [0, 0.05) is 17.5 Å². The van der Waals surface area contributed by atoms with Gasteiger partial charge in [0.05, 0.1) is 5.92 Å². The van der Waals surface area contributed by atoms with Crippen molar-refractivity contribution in [1.82, 2.24) is 9.97 Å². The van der Waals surface area contributed by atoms with E-state index in [0.29, 0.717) is 5.75 Å². The van der Waals surface area contributed by atoms with E-state index < -0.39 is 0 Å². The number of aromatic nitrogens is 2. The molecule has 1 saturated carbocycles. The number of fused-ring (bicyclic) bond motifs is 1. The molecule has 0 unspecified atom stereocenters. The number of hydrogen-bond acceptors (Lipinski definition) is 4. The zero-order valence-corrected chi connectivity index (χ0v) is 14.5. The van der Waals surface area contributed by atoms with Crippen molar-refractivity contribution in [3.8, 4) is 17.1 Å². The van der Waals surface area contributed by atoms with Crippen molar-refractivity contribution in [2.24, 2.45) is 5.92 Å². The van der Waals surface area contributed by atoms with Crippen LogP contribution in [-0.2, 0) is 17.6 Å². The third kappa shape index (κ3) is 3.73. The van der Waals surface area contributed by atoms with E-state index in [2.05, 4.69) is 4.98 Å². The minimum absolute atomic E-state index is 0.0670. The third-order valence-corrected chi connectivity index (χ3v) is 5.33. The van der Waals surface area contributed by atoms with Gasteiger partial charge in [-0.15, -0.1) is 0 Å². The molecule has 0 N–H and O–H groups in total. The molecule has 0 bridgehead atoms. The Kier molecular flexibility index (Phi) is 4.77. The molecule has 1 aromatic heterocycles. The summed E-state index contributed by atoms with van der Waals surface area (Å²) in [6.45, 7) is 0. The molecule has 1 fully saturated rings. The van der Waals surface area contributed by atoms with Crippen LogP contribution in [0.1, 0.15) is 56.2 Å². The topological polar surface area (TPSA) is 52.1 Å². The van der Waals surface area contributed by atoms with Crippen LogP contribution in [-0.4, -0.2) is 15.9 Å². The number of aryl methyl sites for hydroxylation is 2. The second kappa shape index (κ2) is 7.34. The fourth-order valence-electron chi connectivity index (χ4n) is 3.82. The third-order valence-electron chi connectivity index (χ3n) is 5.33. The van der Waals surface area contributed by atoms with Crippen LogP contribution in [0.3, 0.4) is 0 Å². The maximum atomic E-state index is 12.2. The normalized spacial score (nSPS) is 17.8. The van der Waals surface area contributed by atoms with Gasteiger partial charge in [0.25, 0.3) is 0 Å². The smallest absolute Gasteiger partial charge is 0.314 e. The first kappa shape index (κ1) is 16.2. The van der Waals surface area contributed by atoms with Crippen molar-refractivity contribution in [3.05, 3.63) is 41.7 Å². The number of carbonyl (C=O) groups excluding carboxylic acids is 1. The monoisotopic (exact) mass is 336 g/mol. The summed E-state index contributed by atoms with van der Waals surface area (Å²) >= 11 is 0. The molecule has 0 saturated heterocycles. The molecule has 0 radical (unpaired) electrons. The van der Waals surface area contributed by atoms with E-state index in [1.807, 2.05) is 30.5 Å². The van der Waals surface area contributed by atoms with Crippen LogP contribution >= 0.6 is 0 Å². The van der Waals surface area contributed by atoms with E-state index in [1.54, 1.807) is 0 Å². The summed E-state index contributed by atoms with van der Waals surface area (Å²) in [5.74, 6) is 1.35. The lowest BCUT2D eigenvalue weighted by molar-refractivity contribution is -0.139. The first-order valence-corrected chi connectivity index (χ1v) is 9.46. The maximum Gasteiger partial charge on any atom is 0.314 e. The van der Waals surface area contributed by atoms with Crippen molar-refractivity contribution in [3.63, 3.8) is 0 Å². The Balaban J connectivity index is 1.45. The Bertz CT molecular complexity index is 749. The zero-order valence-electron chi connectivity index (χ0n) is 14.5. The minimum Gasteiger partial charge on any atom is -0.426 e. The zero-order chi connectivity index (χ0) is 17.1. The highest BCUT2D eigenvalue weighted by atomic mass is 16.5. The second-order valence-electron chi connectivity index (χ2n) is 7.15. The fourth-order valence-corrected chi connectivity index (χ4v) is 3.82. The summed E-state index contributed by atoms with van der Waals surface area (Å²) < 4.78 is 5.56. The Labute approximate surface area is 148 Å². The number of carbonyl (C=O) groups is 1. The van der Waals surface area contributed by atoms with Crippen LogP contribution in [0.25, 0.3) is 11.4 Å². The molecule has 25 heavy (non-hydrogen) atoms. The Morgan fingerprint density at radius 2 is 1.72 bits per heavy atom. The highest BCUT2D eigenvalue weighted by molar-refractivity contribution is 5.75. The molecule has 0 spiro atoms. The van der Waals surface area contributed by atoms with Gasteiger partial charge in [0.1, 0.15) is 5.75 Å². The van der Waals surface area contributed by atoms with E-state index >= 15 is 0 Å². The second-order valence-corrected chi connectivity index (χ2v) is 7.15. The fraction of sp³-hybridized carbons (Fsp3) is 0.476. The van der Waals surface area contributed by atoms with Crippen LogP contribution in [0.4, 0.5) is 0 Å². The Morgan fingerprint density at radius 1 is 0.960 bits per heavy atom. The Morgan fingerprint density at radius 3 is 2.52 bits per heavy atom. The van der Waals surface area contributed by atoms with Crippen LogP contribution in [0.2, 0.25) is 0 Å². The summed E-state index contributed by atoms with van der Waals surface area (Å²) in [4.78, 5) is 21.5. The quantitative estimate of drug-likeness (QED) is 0.611. The van der Waals surface area contributed by atoms with E-state index in [4.69, 9.17) is 9.72 Å². The van der Waals surface area contributed by atoms with Crippen molar-refractivity contribution in [2.75, 3.05) is 0 Å². The summed E-state index contributed by atoms with van der Waals surface area (Å²) in [6, 6.07) is 7.57. The number of hydrogen-bond donors (Lipinski definition) is 0. The van der Waals surface area contributed by atoms with Crippen molar-refractivity contribution in [2.45, 2.75) is 57.8 Å². The van der Waals surface area contributed by atoms with Gasteiger partial charge in [0.2, 0.25) is 0 Å². The van der Waals surface area contributed by atoms with Gasteiger partial charge >= 0.3 is 5.97 Å². The largest absolute Gasteiger partial charge is 0.426 e. The molecule has 2 aliphatic rings. The number of nitrogens with zero attached hydrogens (tertiary/aromatic N) is 2. The van der Waals surface area contributed by atoms with E-state index in [9.17, 15) is 4.79 Å².